The zero-order chi connectivity index (χ0) is 15.6. The third-order valence-corrected chi connectivity index (χ3v) is 4.91. The van der Waals surface area contributed by atoms with Crippen LogP contribution in [0.4, 0.5) is 5.69 Å². The molecule has 0 bridgehead atoms. The highest BCUT2D eigenvalue weighted by atomic mass is 35.5. The van der Waals surface area contributed by atoms with Crippen molar-refractivity contribution < 1.29 is 8.42 Å². The number of aromatic nitrogens is 3. The second-order valence-corrected chi connectivity index (χ2v) is 6.71. The second kappa shape index (κ2) is 6.18. The van der Waals surface area contributed by atoms with Crippen molar-refractivity contribution in [1.82, 2.24) is 19.5 Å². The number of nitrogens with one attached hydrogen (secondary N) is 1. The van der Waals surface area contributed by atoms with Crippen molar-refractivity contribution in [3.8, 4) is 0 Å². The van der Waals surface area contributed by atoms with Gasteiger partial charge >= 0.3 is 0 Å². The Morgan fingerprint density at radius 3 is 2.71 bits per heavy atom. The number of aryl methyl sites for hydroxylation is 1. The van der Waals surface area contributed by atoms with Crippen LogP contribution in [0.2, 0.25) is 10.0 Å². The number of benzene rings is 1. The Hall–Kier alpha value is -1.35. The van der Waals surface area contributed by atoms with Gasteiger partial charge < -0.3 is 10.3 Å². The minimum Gasteiger partial charge on any atom is -0.398 e. The lowest BCUT2D eigenvalue weighted by Gasteiger charge is -2.11. The average Bonchev–Trinajstić information content (AvgIpc) is 2.82. The molecule has 7 nitrogen and oxygen atoms in total. The van der Waals surface area contributed by atoms with Crippen LogP contribution in [0.3, 0.4) is 0 Å². The molecule has 1 heterocycles. The van der Waals surface area contributed by atoms with E-state index in [0.29, 0.717) is 12.4 Å². The van der Waals surface area contributed by atoms with Gasteiger partial charge in [0.15, 0.2) is 0 Å². The summed E-state index contributed by atoms with van der Waals surface area (Å²) >= 11 is 11.7. The highest BCUT2D eigenvalue weighted by Gasteiger charge is 2.22. The minimum absolute atomic E-state index is 0.0167. The van der Waals surface area contributed by atoms with Crippen LogP contribution in [0.5, 0.6) is 0 Å². The lowest BCUT2D eigenvalue weighted by atomic mass is 10.3. The zero-order valence-corrected chi connectivity index (χ0v) is 13.4. The van der Waals surface area contributed by atoms with E-state index in [9.17, 15) is 8.42 Å². The van der Waals surface area contributed by atoms with Gasteiger partial charge in [0.1, 0.15) is 17.0 Å². The Bertz CT molecular complexity index is 737. The molecule has 0 unspecified atom stereocenters. The Morgan fingerprint density at radius 2 is 2.10 bits per heavy atom. The molecule has 0 spiro atoms. The molecule has 114 valence electrons. The number of halogens is 2. The van der Waals surface area contributed by atoms with E-state index in [1.54, 1.807) is 4.57 Å². The van der Waals surface area contributed by atoms with E-state index in [0.717, 1.165) is 0 Å². The maximum atomic E-state index is 12.3. The van der Waals surface area contributed by atoms with Gasteiger partial charge in [-0.3, -0.25) is 0 Å². The molecule has 0 radical (unpaired) electrons. The first kappa shape index (κ1) is 16.0. The monoisotopic (exact) mass is 349 g/mol. The molecule has 0 saturated heterocycles. The topological polar surface area (TPSA) is 103 Å². The predicted molar refractivity (Wildman–Crippen MR) is 80.6 cm³/mol. The molecule has 0 aliphatic rings. The van der Waals surface area contributed by atoms with Crippen LogP contribution in [-0.2, 0) is 23.1 Å². The number of rotatable bonds is 5. The van der Waals surface area contributed by atoms with E-state index in [1.807, 2.05) is 6.92 Å². The smallest absolute Gasteiger partial charge is 0.244 e. The number of nitrogens with two attached hydrogens (primary N) is 1. The number of hydrogen-bond donors (Lipinski definition) is 2. The van der Waals surface area contributed by atoms with Crippen molar-refractivity contribution in [2.75, 3.05) is 5.73 Å². The van der Waals surface area contributed by atoms with Crippen molar-refractivity contribution in [2.45, 2.75) is 24.9 Å². The zero-order valence-electron chi connectivity index (χ0n) is 11.0. The van der Waals surface area contributed by atoms with Gasteiger partial charge in [-0.25, -0.2) is 13.1 Å². The molecule has 0 fully saturated rings. The first-order valence-corrected chi connectivity index (χ1v) is 8.20. The molecular formula is C11H13Cl2N5O2S. The highest BCUT2D eigenvalue weighted by molar-refractivity contribution is 7.89. The third kappa shape index (κ3) is 3.46. The van der Waals surface area contributed by atoms with E-state index in [-0.39, 0.29) is 27.2 Å². The second-order valence-electron chi connectivity index (χ2n) is 4.16. The maximum Gasteiger partial charge on any atom is 0.244 e. The molecule has 1 aromatic carbocycles. The van der Waals surface area contributed by atoms with Crippen LogP contribution in [0.1, 0.15) is 12.7 Å². The summed E-state index contributed by atoms with van der Waals surface area (Å²) in [7, 11) is -3.89. The molecular weight excluding hydrogens is 337 g/mol. The van der Waals surface area contributed by atoms with Gasteiger partial charge in [0.05, 0.1) is 17.3 Å². The van der Waals surface area contributed by atoms with Gasteiger partial charge in [0.2, 0.25) is 10.0 Å². The molecule has 0 aliphatic carbocycles. The SMILES string of the molecule is CCn1cnnc1CNS(=O)(=O)c1c(N)cc(Cl)cc1Cl. The summed E-state index contributed by atoms with van der Waals surface area (Å²) in [6.07, 6.45) is 1.52. The lowest BCUT2D eigenvalue weighted by Crippen LogP contribution is -2.26. The van der Waals surface area contributed by atoms with Crippen molar-refractivity contribution in [3.63, 3.8) is 0 Å². The number of sulfonamides is 1. The first-order chi connectivity index (χ1) is 9.85. The molecule has 0 atom stereocenters. The molecule has 10 heteroatoms. The molecule has 0 saturated carbocycles. The molecule has 0 amide bonds. The number of nitrogens with zero attached hydrogens (tertiary/aromatic N) is 3. The summed E-state index contributed by atoms with van der Waals surface area (Å²) in [5.41, 5.74) is 5.68. The van der Waals surface area contributed by atoms with Crippen LogP contribution in [-0.4, -0.2) is 23.2 Å². The average molecular weight is 350 g/mol. The minimum atomic E-state index is -3.89. The molecule has 2 rings (SSSR count). The largest absolute Gasteiger partial charge is 0.398 e. The quantitative estimate of drug-likeness (QED) is 0.799. The van der Waals surface area contributed by atoms with Crippen LogP contribution in [0.15, 0.2) is 23.4 Å². The Labute approximate surface area is 132 Å². The van der Waals surface area contributed by atoms with Crippen LogP contribution in [0.25, 0.3) is 0 Å². The number of anilines is 1. The standard InChI is InChI=1S/C11H13Cl2N5O2S/c1-2-18-6-15-17-10(18)5-16-21(19,20)11-8(13)3-7(12)4-9(11)14/h3-4,6,16H,2,5,14H2,1H3. The third-order valence-electron chi connectivity index (χ3n) is 2.76. The number of nitrogen functional groups attached to an aromatic ring is 1. The van der Waals surface area contributed by atoms with Crippen molar-refractivity contribution in [3.05, 3.63) is 34.3 Å². The van der Waals surface area contributed by atoms with Crippen LogP contribution >= 0.6 is 23.2 Å². The van der Waals surface area contributed by atoms with E-state index in [2.05, 4.69) is 14.9 Å². The van der Waals surface area contributed by atoms with Crippen LogP contribution < -0.4 is 10.5 Å². The molecule has 0 aliphatic heterocycles. The van der Waals surface area contributed by atoms with Gasteiger partial charge in [-0.15, -0.1) is 10.2 Å². The Balaban J connectivity index is 2.27. The van der Waals surface area contributed by atoms with E-state index < -0.39 is 10.0 Å². The van der Waals surface area contributed by atoms with Gasteiger partial charge in [-0.05, 0) is 19.1 Å². The molecule has 1 aromatic heterocycles. The van der Waals surface area contributed by atoms with Gasteiger partial charge in [0.25, 0.3) is 0 Å². The summed E-state index contributed by atoms with van der Waals surface area (Å²) in [5, 5.41) is 7.79. The fraction of sp³-hybridized carbons (Fsp3) is 0.273. The van der Waals surface area contributed by atoms with Gasteiger partial charge in [-0.2, -0.15) is 0 Å². The van der Waals surface area contributed by atoms with Crippen LogP contribution in [0, 0.1) is 0 Å². The summed E-state index contributed by atoms with van der Waals surface area (Å²) in [6, 6.07) is 2.65. The normalized spacial score (nSPS) is 11.8. The van der Waals surface area contributed by atoms with E-state index in [4.69, 9.17) is 28.9 Å². The Kier molecular flexibility index (Phi) is 4.72. The molecule has 21 heavy (non-hydrogen) atoms. The van der Waals surface area contributed by atoms with Crippen molar-refractivity contribution in [1.29, 1.82) is 0 Å². The van der Waals surface area contributed by atoms with E-state index in [1.165, 1.54) is 18.5 Å². The van der Waals surface area contributed by atoms with E-state index >= 15 is 0 Å². The van der Waals surface area contributed by atoms with Crippen molar-refractivity contribution >= 4 is 38.9 Å². The predicted octanol–water partition coefficient (Wildman–Crippen LogP) is 1.67. The summed E-state index contributed by atoms with van der Waals surface area (Å²) in [6.45, 7) is 2.51. The molecule has 2 aromatic rings. The summed E-state index contributed by atoms with van der Waals surface area (Å²) < 4.78 is 28.7. The van der Waals surface area contributed by atoms with Gasteiger partial charge in [0, 0.05) is 11.6 Å². The Morgan fingerprint density at radius 1 is 1.38 bits per heavy atom. The summed E-state index contributed by atoms with van der Waals surface area (Å²) in [4.78, 5) is -0.198. The molecule has 3 N–H and O–H groups in total. The fourth-order valence-electron chi connectivity index (χ4n) is 1.78. The first-order valence-electron chi connectivity index (χ1n) is 5.96. The fourth-order valence-corrected chi connectivity index (χ4v) is 3.74. The van der Waals surface area contributed by atoms with Crippen molar-refractivity contribution in [2.24, 2.45) is 0 Å². The number of hydrogen-bond acceptors (Lipinski definition) is 5. The van der Waals surface area contributed by atoms with Gasteiger partial charge in [-0.1, -0.05) is 23.2 Å². The summed E-state index contributed by atoms with van der Waals surface area (Å²) in [5.74, 6) is 0.490. The lowest BCUT2D eigenvalue weighted by molar-refractivity contribution is 0.575. The highest BCUT2D eigenvalue weighted by Crippen LogP contribution is 2.30. The maximum absolute atomic E-state index is 12.3.